The Bertz CT molecular complexity index is 54.4. The van der Waals surface area contributed by atoms with Crippen LogP contribution in [0.25, 0.3) is 0 Å². The van der Waals surface area contributed by atoms with Crippen molar-refractivity contribution in [1.82, 2.24) is 0 Å². The minimum absolute atomic E-state index is 0.176. The maximum absolute atomic E-state index is 11.9. The van der Waals surface area contributed by atoms with Crippen molar-refractivity contribution < 1.29 is 4.39 Å². The van der Waals surface area contributed by atoms with Crippen LogP contribution in [-0.4, -0.2) is 17.3 Å². The van der Waals surface area contributed by atoms with E-state index in [1.807, 2.05) is 0 Å². The molecule has 0 saturated carbocycles. The Morgan fingerprint density at radius 2 is 1.50 bits per heavy atom. The van der Waals surface area contributed by atoms with Gasteiger partial charge in [0.15, 0.2) is 0 Å². The first-order valence-electron chi connectivity index (χ1n) is 3.53. The number of hydrogen-bond donors (Lipinski definition) is 0. The van der Waals surface area contributed by atoms with Crippen LogP contribution in [0.2, 0.25) is 0 Å². The van der Waals surface area contributed by atoms with Crippen LogP contribution in [0.5, 0.6) is 0 Å². The monoisotopic (exact) mass is 274 g/mol. The summed E-state index contributed by atoms with van der Waals surface area (Å²) in [4.78, 5) is 0. The maximum Gasteiger partial charge on any atom is 0.0897 e. The van der Waals surface area contributed by atoms with Crippen molar-refractivity contribution >= 4 is 31.9 Å². The fourth-order valence-corrected chi connectivity index (χ4v) is 2.19. The van der Waals surface area contributed by atoms with Gasteiger partial charge in [-0.05, 0) is 25.2 Å². The number of halogens is 3. The molecular formula is C7H13Br2F. The van der Waals surface area contributed by atoms with E-state index < -0.39 is 0 Å². The van der Waals surface area contributed by atoms with Gasteiger partial charge in [-0.3, -0.25) is 4.39 Å². The predicted molar refractivity (Wildman–Crippen MR) is 50.9 cm³/mol. The fraction of sp³-hybridized carbons (Fsp3) is 1.00. The molecule has 0 atom stereocenters. The van der Waals surface area contributed by atoms with Crippen molar-refractivity contribution in [2.75, 3.05) is 17.3 Å². The van der Waals surface area contributed by atoms with Gasteiger partial charge in [-0.2, -0.15) is 0 Å². The summed E-state index contributed by atoms with van der Waals surface area (Å²) >= 11 is 6.70. The lowest BCUT2D eigenvalue weighted by molar-refractivity contribution is 0.375. The van der Waals surface area contributed by atoms with Gasteiger partial charge in [0.2, 0.25) is 0 Å². The van der Waals surface area contributed by atoms with Crippen LogP contribution in [0.4, 0.5) is 4.39 Å². The quantitative estimate of drug-likeness (QED) is 0.651. The highest BCUT2D eigenvalue weighted by Gasteiger charge is 2.05. The predicted octanol–water partition coefficient (Wildman–Crippen LogP) is 3.53. The summed E-state index contributed by atoms with van der Waals surface area (Å²) in [6.07, 6.45) is 2.90. The van der Waals surface area contributed by atoms with E-state index in [4.69, 9.17) is 0 Å². The first-order chi connectivity index (χ1) is 4.85. The van der Waals surface area contributed by atoms with E-state index in [2.05, 4.69) is 31.9 Å². The Morgan fingerprint density at radius 3 is 1.80 bits per heavy atom. The molecule has 0 aromatic heterocycles. The van der Waals surface area contributed by atoms with Crippen molar-refractivity contribution in [1.29, 1.82) is 0 Å². The number of rotatable bonds is 6. The molecule has 0 radical (unpaired) electrons. The highest BCUT2D eigenvalue weighted by atomic mass is 79.9. The second kappa shape index (κ2) is 7.99. The van der Waals surface area contributed by atoms with Crippen LogP contribution in [0, 0.1) is 5.92 Å². The van der Waals surface area contributed by atoms with Gasteiger partial charge in [0.05, 0.1) is 6.67 Å². The van der Waals surface area contributed by atoms with Crippen LogP contribution in [0.15, 0.2) is 0 Å². The standard InChI is InChI=1S/C7H13Br2F/c8-4-1-7(2-5-9)3-6-10/h7H,1-6H2. The van der Waals surface area contributed by atoms with Crippen LogP contribution >= 0.6 is 31.9 Å². The fourth-order valence-electron chi connectivity index (χ4n) is 0.896. The molecule has 0 aliphatic heterocycles. The van der Waals surface area contributed by atoms with Gasteiger partial charge in [-0.15, -0.1) is 0 Å². The molecule has 0 aromatic rings. The minimum Gasteiger partial charge on any atom is -0.251 e. The number of alkyl halides is 3. The molecule has 0 aliphatic carbocycles. The van der Waals surface area contributed by atoms with Crippen LogP contribution in [0.3, 0.4) is 0 Å². The Kier molecular flexibility index (Phi) is 8.70. The summed E-state index contributed by atoms with van der Waals surface area (Å²) in [6, 6.07) is 0. The molecular weight excluding hydrogens is 263 g/mol. The van der Waals surface area contributed by atoms with Crippen LogP contribution < -0.4 is 0 Å². The molecule has 0 heterocycles. The van der Waals surface area contributed by atoms with E-state index in [0.29, 0.717) is 5.92 Å². The lowest BCUT2D eigenvalue weighted by Gasteiger charge is -2.10. The largest absolute Gasteiger partial charge is 0.251 e. The van der Waals surface area contributed by atoms with Gasteiger partial charge in [0.1, 0.15) is 0 Å². The van der Waals surface area contributed by atoms with E-state index in [1.54, 1.807) is 0 Å². The summed E-state index contributed by atoms with van der Waals surface area (Å²) in [6.45, 7) is -0.176. The second-order valence-electron chi connectivity index (χ2n) is 2.30. The van der Waals surface area contributed by atoms with E-state index in [0.717, 1.165) is 29.9 Å². The van der Waals surface area contributed by atoms with Crippen molar-refractivity contribution in [3.05, 3.63) is 0 Å². The zero-order valence-corrected chi connectivity index (χ0v) is 9.13. The lowest BCUT2D eigenvalue weighted by atomic mass is 10.0. The molecule has 3 heteroatoms. The molecule has 10 heavy (non-hydrogen) atoms. The third-order valence-electron chi connectivity index (χ3n) is 1.55. The van der Waals surface area contributed by atoms with Gasteiger partial charge >= 0.3 is 0 Å². The van der Waals surface area contributed by atoms with Gasteiger partial charge in [0, 0.05) is 10.7 Å². The molecule has 0 bridgehead atoms. The second-order valence-corrected chi connectivity index (χ2v) is 3.88. The molecule has 0 spiro atoms. The Hall–Kier alpha value is 0.890. The third kappa shape index (κ3) is 5.66. The topological polar surface area (TPSA) is 0 Å². The molecule has 0 saturated heterocycles. The molecule has 0 N–H and O–H groups in total. The summed E-state index contributed by atoms with van der Waals surface area (Å²) in [5.41, 5.74) is 0. The molecule has 62 valence electrons. The SMILES string of the molecule is FCCC(CCBr)CCBr. The van der Waals surface area contributed by atoms with E-state index in [9.17, 15) is 4.39 Å². The Morgan fingerprint density at radius 1 is 1.00 bits per heavy atom. The molecule has 0 nitrogen and oxygen atoms in total. The minimum atomic E-state index is -0.176. The van der Waals surface area contributed by atoms with E-state index in [-0.39, 0.29) is 6.67 Å². The molecule has 0 rings (SSSR count). The zero-order valence-electron chi connectivity index (χ0n) is 5.95. The smallest absolute Gasteiger partial charge is 0.0897 e. The average Bonchev–Trinajstić information content (AvgIpc) is 1.90. The van der Waals surface area contributed by atoms with Crippen molar-refractivity contribution in [2.45, 2.75) is 19.3 Å². The highest BCUT2D eigenvalue weighted by Crippen LogP contribution is 2.15. The van der Waals surface area contributed by atoms with Crippen molar-refractivity contribution in [3.8, 4) is 0 Å². The first kappa shape index (κ1) is 10.9. The zero-order chi connectivity index (χ0) is 7.82. The van der Waals surface area contributed by atoms with Gasteiger partial charge in [-0.1, -0.05) is 31.9 Å². The van der Waals surface area contributed by atoms with Crippen molar-refractivity contribution in [2.24, 2.45) is 5.92 Å². The molecule has 0 fully saturated rings. The molecule has 0 aliphatic rings. The van der Waals surface area contributed by atoms with E-state index in [1.165, 1.54) is 0 Å². The lowest BCUT2D eigenvalue weighted by Crippen LogP contribution is -2.02. The molecule has 0 unspecified atom stereocenters. The third-order valence-corrected chi connectivity index (χ3v) is 2.47. The van der Waals surface area contributed by atoms with Gasteiger partial charge in [-0.25, -0.2) is 0 Å². The summed E-state index contributed by atoms with van der Waals surface area (Å²) in [7, 11) is 0. The first-order valence-corrected chi connectivity index (χ1v) is 5.77. The number of hydrogen-bond acceptors (Lipinski definition) is 0. The van der Waals surface area contributed by atoms with E-state index >= 15 is 0 Å². The summed E-state index contributed by atoms with van der Waals surface area (Å²) in [5.74, 6) is 0.559. The highest BCUT2D eigenvalue weighted by molar-refractivity contribution is 9.09. The van der Waals surface area contributed by atoms with Crippen LogP contribution in [-0.2, 0) is 0 Å². The Labute approximate surface area is 78.8 Å². The maximum atomic E-state index is 11.9. The normalized spacial score (nSPS) is 10.8. The van der Waals surface area contributed by atoms with Gasteiger partial charge in [0.25, 0.3) is 0 Å². The average molecular weight is 276 g/mol. The summed E-state index contributed by atoms with van der Waals surface area (Å²) < 4.78 is 11.9. The molecule has 0 aromatic carbocycles. The summed E-state index contributed by atoms with van der Waals surface area (Å²) in [5, 5.41) is 1.98. The molecule has 0 amide bonds. The van der Waals surface area contributed by atoms with Gasteiger partial charge < -0.3 is 0 Å². The Balaban J connectivity index is 3.30. The van der Waals surface area contributed by atoms with Crippen molar-refractivity contribution in [3.63, 3.8) is 0 Å². The van der Waals surface area contributed by atoms with Crippen LogP contribution in [0.1, 0.15) is 19.3 Å².